The highest BCUT2D eigenvalue weighted by Crippen LogP contribution is 2.38. The SMILES string of the molecule is Brc1cn(C2CC2)c(-c2ccccc2)n1. The summed E-state index contributed by atoms with van der Waals surface area (Å²) in [7, 11) is 0. The number of hydrogen-bond donors (Lipinski definition) is 0. The molecule has 0 aliphatic heterocycles. The average Bonchev–Trinajstić information content (AvgIpc) is 3.03. The summed E-state index contributed by atoms with van der Waals surface area (Å²) in [6, 6.07) is 11.0. The van der Waals surface area contributed by atoms with Crippen LogP contribution in [0.15, 0.2) is 41.1 Å². The molecule has 0 atom stereocenters. The van der Waals surface area contributed by atoms with Crippen molar-refractivity contribution >= 4 is 15.9 Å². The molecule has 2 nitrogen and oxygen atoms in total. The minimum absolute atomic E-state index is 0.666. The Labute approximate surface area is 97.1 Å². The van der Waals surface area contributed by atoms with Crippen molar-refractivity contribution in [2.75, 3.05) is 0 Å². The summed E-state index contributed by atoms with van der Waals surface area (Å²) in [5.41, 5.74) is 1.19. The van der Waals surface area contributed by atoms with Gasteiger partial charge in [-0.3, -0.25) is 0 Å². The number of benzene rings is 1. The lowest BCUT2D eigenvalue weighted by Gasteiger charge is -2.04. The fraction of sp³-hybridized carbons (Fsp3) is 0.250. The van der Waals surface area contributed by atoms with E-state index in [0.29, 0.717) is 6.04 Å². The van der Waals surface area contributed by atoms with Gasteiger partial charge in [-0.1, -0.05) is 30.3 Å². The van der Waals surface area contributed by atoms with Gasteiger partial charge in [0.15, 0.2) is 0 Å². The average molecular weight is 263 g/mol. The zero-order valence-corrected chi connectivity index (χ0v) is 9.81. The fourth-order valence-electron chi connectivity index (χ4n) is 1.80. The van der Waals surface area contributed by atoms with Gasteiger partial charge in [-0.05, 0) is 28.8 Å². The van der Waals surface area contributed by atoms with E-state index in [1.54, 1.807) is 0 Å². The smallest absolute Gasteiger partial charge is 0.141 e. The first-order chi connectivity index (χ1) is 7.34. The van der Waals surface area contributed by atoms with E-state index in [1.807, 2.05) is 6.07 Å². The van der Waals surface area contributed by atoms with Crippen molar-refractivity contribution in [2.45, 2.75) is 18.9 Å². The molecule has 0 bridgehead atoms. The lowest BCUT2D eigenvalue weighted by atomic mass is 10.2. The zero-order valence-electron chi connectivity index (χ0n) is 8.23. The van der Waals surface area contributed by atoms with Crippen LogP contribution in [0.5, 0.6) is 0 Å². The molecule has 1 aromatic heterocycles. The quantitative estimate of drug-likeness (QED) is 0.808. The molecule has 0 amide bonds. The molecule has 1 saturated carbocycles. The van der Waals surface area contributed by atoms with Gasteiger partial charge < -0.3 is 4.57 Å². The van der Waals surface area contributed by atoms with Crippen LogP contribution in [0.2, 0.25) is 0 Å². The highest BCUT2D eigenvalue weighted by molar-refractivity contribution is 9.10. The number of hydrogen-bond acceptors (Lipinski definition) is 1. The highest BCUT2D eigenvalue weighted by Gasteiger charge is 2.26. The molecular formula is C12H11BrN2. The molecule has 1 aromatic carbocycles. The van der Waals surface area contributed by atoms with Gasteiger partial charge in [-0.2, -0.15) is 0 Å². The molecule has 0 N–H and O–H groups in total. The lowest BCUT2D eigenvalue weighted by Crippen LogP contribution is -1.95. The molecule has 0 saturated heterocycles. The van der Waals surface area contributed by atoms with E-state index >= 15 is 0 Å². The normalized spacial score (nSPS) is 15.5. The van der Waals surface area contributed by atoms with Gasteiger partial charge >= 0.3 is 0 Å². The number of imidazole rings is 1. The number of rotatable bonds is 2. The summed E-state index contributed by atoms with van der Waals surface area (Å²) in [6.07, 6.45) is 4.64. The number of nitrogens with zero attached hydrogens (tertiary/aromatic N) is 2. The first-order valence-electron chi connectivity index (χ1n) is 5.14. The number of aromatic nitrogens is 2. The van der Waals surface area contributed by atoms with E-state index in [1.165, 1.54) is 18.4 Å². The Balaban J connectivity index is 2.10. The van der Waals surface area contributed by atoms with Gasteiger partial charge in [0.05, 0.1) is 0 Å². The molecule has 15 heavy (non-hydrogen) atoms. The van der Waals surface area contributed by atoms with Crippen LogP contribution in [0.1, 0.15) is 18.9 Å². The second-order valence-corrected chi connectivity index (χ2v) is 4.70. The van der Waals surface area contributed by atoms with E-state index in [9.17, 15) is 0 Å². The minimum atomic E-state index is 0.666. The van der Waals surface area contributed by atoms with E-state index in [4.69, 9.17) is 0 Å². The second-order valence-electron chi connectivity index (χ2n) is 3.89. The van der Waals surface area contributed by atoms with Crippen molar-refractivity contribution in [3.63, 3.8) is 0 Å². The predicted octanol–water partition coefficient (Wildman–Crippen LogP) is 3.65. The Hall–Kier alpha value is -1.09. The Kier molecular flexibility index (Phi) is 2.13. The van der Waals surface area contributed by atoms with Crippen molar-refractivity contribution in [1.82, 2.24) is 9.55 Å². The molecule has 76 valence electrons. The maximum absolute atomic E-state index is 4.52. The van der Waals surface area contributed by atoms with Crippen LogP contribution in [-0.4, -0.2) is 9.55 Å². The molecule has 0 spiro atoms. The van der Waals surface area contributed by atoms with E-state index in [0.717, 1.165) is 10.4 Å². The summed E-state index contributed by atoms with van der Waals surface area (Å²) in [5, 5.41) is 0. The summed E-state index contributed by atoms with van der Waals surface area (Å²) in [6.45, 7) is 0. The molecule has 1 fully saturated rings. The van der Waals surface area contributed by atoms with Crippen molar-refractivity contribution < 1.29 is 0 Å². The van der Waals surface area contributed by atoms with Crippen LogP contribution in [0.4, 0.5) is 0 Å². The summed E-state index contributed by atoms with van der Waals surface area (Å²) in [4.78, 5) is 4.52. The molecule has 1 aliphatic rings. The van der Waals surface area contributed by atoms with Crippen LogP contribution in [-0.2, 0) is 0 Å². The second kappa shape index (κ2) is 3.49. The third kappa shape index (κ3) is 1.72. The largest absolute Gasteiger partial charge is 0.327 e. The van der Waals surface area contributed by atoms with Crippen LogP contribution in [0.3, 0.4) is 0 Å². The molecule has 1 heterocycles. The molecule has 0 unspecified atom stereocenters. The van der Waals surface area contributed by atoms with E-state index in [-0.39, 0.29) is 0 Å². The molecule has 1 aliphatic carbocycles. The minimum Gasteiger partial charge on any atom is -0.327 e. The third-order valence-corrected chi connectivity index (χ3v) is 3.06. The van der Waals surface area contributed by atoms with Gasteiger partial charge in [-0.15, -0.1) is 0 Å². The van der Waals surface area contributed by atoms with Crippen LogP contribution >= 0.6 is 15.9 Å². The molecule has 0 radical (unpaired) electrons. The maximum atomic E-state index is 4.52. The van der Waals surface area contributed by atoms with Crippen LogP contribution in [0, 0.1) is 0 Å². The van der Waals surface area contributed by atoms with Gasteiger partial charge in [0.2, 0.25) is 0 Å². The summed E-state index contributed by atoms with van der Waals surface area (Å²) < 4.78 is 3.20. The van der Waals surface area contributed by atoms with Gasteiger partial charge in [-0.25, -0.2) is 4.98 Å². The van der Waals surface area contributed by atoms with Gasteiger partial charge in [0.1, 0.15) is 10.4 Å². The Morgan fingerprint density at radius 2 is 1.93 bits per heavy atom. The zero-order chi connectivity index (χ0) is 10.3. The number of halogens is 1. The predicted molar refractivity (Wildman–Crippen MR) is 63.6 cm³/mol. The van der Waals surface area contributed by atoms with Crippen molar-refractivity contribution in [1.29, 1.82) is 0 Å². The first kappa shape index (κ1) is 9.16. The Morgan fingerprint density at radius 3 is 2.60 bits per heavy atom. The van der Waals surface area contributed by atoms with E-state index in [2.05, 4.69) is 55.9 Å². The van der Waals surface area contributed by atoms with Crippen LogP contribution in [0.25, 0.3) is 11.4 Å². The monoisotopic (exact) mass is 262 g/mol. The third-order valence-electron chi connectivity index (χ3n) is 2.68. The van der Waals surface area contributed by atoms with Crippen molar-refractivity contribution in [3.05, 3.63) is 41.1 Å². The molecule has 3 heteroatoms. The fourth-order valence-corrected chi connectivity index (χ4v) is 2.18. The molecular weight excluding hydrogens is 252 g/mol. The first-order valence-corrected chi connectivity index (χ1v) is 5.94. The Bertz CT molecular complexity index is 472. The lowest BCUT2D eigenvalue weighted by molar-refractivity contribution is 0.749. The summed E-state index contributed by atoms with van der Waals surface area (Å²) in [5.74, 6) is 1.07. The van der Waals surface area contributed by atoms with Crippen molar-refractivity contribution in [3.8, 4) is 11.4 Å². The standard InChI is InChI=1S/C12H11BrN2/c13-11-8-15(10-6-7-10)12(14-11)9-4-2-1-3-5-9/h1-5,8,10H,6-7H2. The van der Waals surface area contributed by atoms with Gasteiger partial charge in [0.25, 0.3) is 0 Å². The highest BCUT2D eigenvalue weighted by atomic mass is 79.9. The summed E-state index contributed by atoms with van der Waals surface area (Å²) >= 11 is 3.44. The molecule has 2 aromatic rings. The van der Waals surface area contributed by atoms with E-state index < -0.39 is 0 Å². The topological polar surface area (TPSA) is 17.8 Å². The molecule has 3 rings (SSSR count). The van der Waals surface area contributed by atoms with Crippen molar-refractivity contribution in [2.24, 2.45) is 0 Å². The van der Waals surface area contributed by atoms with Crippen LogP contribution < -0.4 is 0 Å². The van der Waals surface area contributed by atoms with Gasteiger partial charge in [0, 0.05) is 17.8 Å². The maximum Gasteiger partial charge on any atom is 0.141 e. The Morgan fingerprint density at radius 1 is 1.20 bits per heavy atom.